The molecule has 1 aliphatic carbocycles. The number of ketones is 1. The van der Waals surface area contributed by atoms with Crippen molar-refractivity contribution in [2.75, 3.05) is 0 Å². The summed E-state index contributed by atoms with van der Waals surface area (Å²) in [5.41, 5.74) is -0.0118. The number of phenols is 1. The maximum absolute atomic E-state index is 12.0. The molecule has 0 bridgehead atoms. The lowest BCUT2D eigenvalue weighted by molar-refractivity contribution is -0.122. The Hall–Kier alpha value is -2.11. The molecule has 0 heterocycles. The summed E-state index contributed by atoms with van der Waals surface area (Å²) >= 11 is 0. The number of aliphatic hydroxyl groups is 3. The molecule has 0 unspecified atom stereocenters. The highest BCUT2D eigenvalue weighted by Crippen LogP contribution is 2.28. The third-order valence-electron chi connectivity index (χ3n) is 2.65. The molecule has 0 saturated heterocycles. The smallest absolute Gasteiger partial charge is 0.200 e. The summed E-state index contributed by atoms with van der Waals surface area (Å²) in [4.78, 5) is 12.0. The average Bonchev–Trinajstić information content (AvgIpc) is 2.27. The fourth-order valence-corrected chi connectivity index (χ4v) is 1.73. The number of Topliss-reactive ketones (excluding diaryl/α,β-unsaturated/α-hetero) is 1. The number of hydrogen-bond acceptors (Lipinski definition) is 5. The maximum atomic E-state index is 12.0. The van der Waals surface area contributed by atoms with E-state index in [0.29, 0.717) is 0 Å². The summed E-state index contributed by atoms with van der Waals surface area (Å²) < 4.78 is 0. The van der Waals surface area contributed by atoms with Crippen LogP contribution in [-0.2, 0) is 0 Å². The molecule has 0 aliphatic heterocycles. The number of benzene rings is 1. The fourth-order valence-electron chi connectivity index (χ4n) is 1.73. The minimum atomic E-state index is -2.15. The minimum absolute atomic E-state index is 0.0482. The second-order valence-corrected chi connectivity index (χ2v) is 4.10. The summed E-state index contributed by atoms with van der Waals surface area (Å²) in [5.74, 6) is -3.33. The van der Waals surface area contributed by atoms with Gasteiger partial charge in [0.2, 0.25) is 0 Å². The van der Waals surface area contributed by atoms with Crippen LogP contribution in [0.15, 0.2) is 47.7 Å². The summed E-state index contributed by atoms with van der Waals surface area (Å²) in [5, 5.41) is 37.8. The molecule has 0 radical (unpaired) electrons. The summed E-state index contributed by atoms with van der Waals surface area (Å²) in [7, 11) is 0. The van der Waals surface area contributed by atoms with Crippen molar-refractivity contribution in [3.8, 4) is 5.75 Å². The first-order valence-corrected chi connectivity index (χ1v) is 5.29. The van der Waals surface area contributed by atoms with Crippen LogP contribution in [0.3, 0.4) is 0 Å². The molecule has 0 fully saturated rings. The number of rotatable bonds is 2. The molecule has 18 heavy (non-hydrogen) atoms. The Labute approximate surface area is 103 Å². The predicted octanol–water partition coefficient (Wildman–Crippen LogP) is 1.03. The number of carbonyl (C=O) groups excluding carboxylic acids is 1. The molecule has 5 nitrogen and oxygen atoms in total. The van der Waals surface area contributed by atoms with Gasteiger partial charge in [0.25, 0.3) is 0 Å². The van der Waals surface area contributed by atoms with Crippen LogP contribution in [0.2, 0.25) is 0 Å². The minimum Gasteiger partial charge on any atom is -0.511 e. The van der Waals surface area contributed by atoms with Crippen molar-refractivity contribution in [1.82, 2.24) is 0 Å². The van der Waals surface area contributed by atoms with Crippen molar-refractivity contribution >= 4 is 5.78 Å². The standard InChI is InChI=1S/C13H12O5/c14-10-4-2-1-3-8(10)12(16)9-5-6-13(17,18)7-11(9)15/h1-6,14-15,17-18H,7H2. The van der Waals surface area contributed by atoms with Crippen LogP contribution >= 0.6 is 0 Å². The van der Waals surface area contributed by atoms with Crippen LogP contribution in [0.25, 0.3) is 0 Å². The highest BCUT2D eigenvalue weighted by molar-refractivity contribution is 6.12. The summed E-state index contributed by atoms with van der Waals surface area (Å²) in [6.45, 7) is 0. The average molecular weight is 248 g/mol. The Morgan fingerprint density at radius 2 is 1.83 bits per heavy atom. The molecule has 1 aromatic carbocycles. The van der Waals surface area contributed by atoms with Gasteiger partial charge in [0, 0.05) is 0 Å². The van der Waals surface area contributed by atoms with Crippen molar-refractivity contribution in [3.63, 3.8) is 0 Å². The number of aliphatic hydroxyl groups excluding tert-OH is 1. The van der Waals surface area contributed by atoms with Crippen molar-refractivity contribution in [3.05, 3.63) is 53.3 Å². The van der Waals surface area contributed by atoms with Crippen LogP contribution in [-0.4, -0.2) is 32.0 Å². The molecular weight excluding hydrogens is 236 g/mol. The molecule has 1 aliphatic rings. The zero-order chi connectivity index (χ0) is 13.3. The number of allylic oxidation sites excluding steroid dienone is 2. The van der Waals surface area contributed by atoms with Crippen LogP contribution in [0.5, 0.6) is 5.75 Å². The molecule has 0 spiro atoms. The van der Waals surface area contributed by atoms with E-state index in [0.717, 1.165) is 12.2 Å². The number of para-hydroxylation sites is 1. The van der Waals surface area contributed by atoms with E-state index in [9.17, 15) is 25.2 Å². The first kappa shape index (κ1) is 12.3. The van der Waals surface area contributed by atoms with Crippen LogP contribution in [0, 0.1) is 0 Å². The van der Waals surface area contributed by atoms with E-state index in [1.54, 1.807) is 12.1 Å². The first-order chi connectivity index (χ1) is 8.41. The third-order valence-corrected chi connectivity index (χ3v) is 2.65. The van der Waals surface area contributed by atoms with Gasteiger partial charge in [-0.2, -0.15) is 0 Å². The van der Waals surface area contributed by atoms with E-state index in [1.807, 2.05) is 0 Å². The van der Waals surface area contributed by atoms with Gasteiger partial charge >= 0.3 is 0 Å². The van der Waals surface area contributed by atoms with Crippen molar-refractivity contribution < 1.29 is 25.2 Å². The van der Waals surface area contributed by atoms with E-state index >= 15 is 0 Å². The van der Waals surface area contributed by atoms with Crippen molar-refractivity contribution in [2.45, 2.75) is 12.2 Å². The van der Waals surface area contributed by atoms with Crippen LogP contribution < -0.4 is 0 Å². The van der Waals surface area contributed by atoms with E-state index < -0.39 is 23.8 Å². The van der Waals surface area contributed by atoms with Gasteiger partial charge in [-0.25, -0.2) is 0 Å². The van der Waals surface area contributed by atoms with Gasteiger partial charge < -0.3 is 20.4 Å². The van der Waals surface area contributed by atoms with E-state index in [1.165, 1.54) is 12.1 Å². The zero-order valence-corrected chi connectivity index (χ0v) is 9.37. The Kier molecular flexibility index (Phi) is 2.94. The lowest BCUT2D eigenvalue weighted by Gasteiger charge is -2.22. The number of aromatic hydroxyl groups is 1. The van der Waals surface area contributed by atoms with E-state index in [2.05, 4.69) is 0 Å². The fraction of sp³-hybridized carbons (Fsp3) is 0.154. The quantitative estimate of drug-likeness (QED) is 0.463. The van der Waals surface area contributed by atoms with Gasteiger partial charge in [-0.05, 0) is 24.3 Å². The molecule has 1 aromatic rings. The highest BCUT2D eigenvalue weighted by atomic mass is 16.5. The third kappa shape index (κ3) is 2.27. The summed E-state index contributed by atoms with van der Waals surface area (Å²) in [6, 6.07) is 5.94. The van der Waals surface area contributed by atoms with Crippen molar-refractivity contribution in [1.29, 1.82) is 0 Å². The molecule has 0 atom stereocenters. The van der Waals surface area contributed by atoms with Gasteiger partial charge in [0.1, 0.15) is 11.5 Å². The first-order valence-electron chi connectivity index (χ1n) is 5.29. The van der Waals surface area contributed by atoms with Crippen LogP contribution in [0.4, 0.5) is 0 Å². The molecule has 4 N–H and O–H groups in total. The lowest BCUT2D eigenvalue weighted by atomic mass is 9.94. The second kappa shape index (κ2) is 4.29. The molecule has 94 valence electrons. The SMILES string of the molecule is O=C(C1=C(O)CC(O)(O)C=C1)c1ccccc1O. The molecular formula is C13H12O5. The lowest BCUT2D eigenvalue weighted by Crippen LogP contribution is -2.29. The Bertz CT molecular complexity index is 554. The van der Waals surface area contributed by atoms with Gasteiger partial charge in [-0.1, -0.05) is 12.1 Å². The Balaban J connectivity index is 2.37. The normalized spacial score (nSPS) is 17.9. The number of phenolic OH excluding ortho intramolecular Hbond substituents is 1. The second-order valence-electron chi connectivity index (χ2n) is 4.10. The van der Waals surface area contributed by atoms with E-state index in [-0.39, 0.29) is 16.9 Å². The molecule has 5 heteroatoms. The van der Waals surface area contributed by atoms with Gasteiger partial charge in [-0.15, -0.1) is 0 Å². The maximum Gasteiger partial charge on any atom is 0.200 e. The highest BCUT2D eigenvalue weighted by Gasteiger charge is 2.29. The van der Waals surface area contributed by atoms with Crippen LogP contribution in [0.1, 0.15) is 16.8 Å². The Morgan fingerprint density at radius 1 is 1.17 bits per heavy atom. The molecule has 2 rings (SSSR count). The number of hydrogen-bond donors (Lipinski definition) is 4. The largest absolute Gasteiger partial charge is 0.511 e. The topological polar surface area (TPSA) is 98.0 Å². The summed E-state index contributed by atoms with van der Waals surface area (Å²) in [6.07, 6.45) is 1.69. The molecule has 0 amide bonds. The monoisotopic (exact) mass is 248 g/mol. The van der Waals surface area contributed by atoms with Gasteiger partial charge in [-0.3, -0.25) is 4.79 Å². The van der Waals surface area contributed by atoms with Crippen molar-refractivity contribution in [2.24, 2.45) is 0 Å². The van der Waals surface area contributed by atoms with Gasteiger partial charge in [0.05, 0.1) is 17.6 Å². The Morgan fingerprint density at radius 3 is 2.44 bits per heavy atom. The van der Waals surface area contributed by atoms with Gasteiger partial charge in [0.15, 0.2) is 11.6 Å². The molecule has 0 aromatic heterocycles. The molecule has 0 saturated carbocycles. The van der Waals surface area contributed by atoms with E-state index in [4.69, 9.17) is 0 Å². The predicted molar refractivity (Wildman–Crippen MR) is 63.0 cm³/mol. The zero-order valence-electron chi connectivity index (χ0n) is 9.37. The number of carbonyl (C=O) groups is 1.